The van der Waals surface area contributed by atoms with E-state index in [0.717, 1.165) is 49.2 Å². The number of aryl methyl sites for hydroxylation is 2. The highest BCUT2D eigenvalue weighted by Gasteiger charge is 2.12. The van der Waals surface area contributed by atoms with E-state index in [2.05, 4.69) is 35.1 Å². The zero-order valence-electron chi connectivity index (χ0n) is 29.9. The molecule has 0 saturated carbocycles. The molecule has 0 aliphatic rings. The van der Waals surface area contributed by atoms with Gasteiger partial charge in [0.15, 0.2) is 0 Å². The molecular formula is C35H60N4O7. The van der Waals surface area contributed by atoms with Crippen molar-refractivity contribution in [3.05, 3.63) is 35.4 Å². The van der Waals surface area contributed by atoms with Crippen LogP contribution >= 0.6 is 0 Å². The Morgan fingerprint density at radius 1 is 0.565 bits per heavy atom. The number of hydrogen-bond acceptors (Lipinski definition) is 7. The molecule has 2 aromatic carbocycles. The number of benzene rings is 2. The van der Waals surface area contributed by atoms with E-state index in [1.165, 1.54) is 19.3 Å². The molecule has 0 spiro atoms. The van der Waals surface area contributed by atoms with Crippen molar-refractivity contribution in [3.63, 3.8) is 0 Å². The molecule has 46 heavy (non-hydrogen) atoms. The van der Waals surface area contributed by atoms with E-state index >= 15 is 0 Å². The van der Waals surface area contributed by atoms with Crippen LogP contribution in [0.2, 0.25) is 0 Å². The van der Waals surface area contributed by atoms with Crippen molar-refractivity contribution in [1.29, 1.82) is 0 Å². The van der Waals surface area contributed by atoms with Gasteiger partial charge >= 0.3 is 12.1 Å². The van der Waals surface area contributed by atoms with E-state index in [9.17, 15) is 9.59 Å². The molecule has 0 bridgehead atoms. The average molecular weight is 649 g/mol. The molecule has 4 N–H and O–H groups in total. The van der Waals surface area contributed by atoms with Crippen LogP contribution in [-0.2, 0) is 4.74 Å². The third-order valence-corrected chi connectivity index (χ3v) is 6.60. The molecule has 262 valence electrons. The number of nitrogens with one attached hydrogen (secondary N) is 4. The van der Waals surface area contributed by atoms with Crippen LogP contribution in [0.15, 0.2) is 24.3 Å². The largest absolute Gasteiger partial charge is 0.496 e. The molecule has 11 nitrogen and oxygen atoms in total. The fraction of sp³-hybridized carbons (Fsp3) is 0.600. The summed E-state index contributed by atoms with van der Waals surface area (Å²) in [7, 11) is 6.34. The van der Waals surface area contributed by atoms with Gasteiger partial charge in [-0.2, -0.15) is 0 Å². The lowest BCUT2D eigenvalue weighted by Gasteiger charge is -2.14. The van der Waals surface area contributed by atoms with Crippen LogP contribution in [0.25, 0.3) is 0 Å². The predicted octanol–water partition coefficient (Wildman–Crippen LogP) is 8.08. The van der Waals surface area contributed by atoms with Crippen molar-refractivity contribution in [1.82, 2.24) is 10.6 Å². The van der Waals surface area contributed by atoms with Crippen molar-refractivity contribution in [2.75, 3.05) is 65.4 Å². The maximum atomic E-state index is 11.9. The highest BCUT2D eigenvalue weighted by Crippen LogP contribution is 2.33. The summed E-state index contributed by atoms with van der Waals surface area (Å²) in [5.41, 5.74) is 3.08. The number of carbonyl (C=O) groups is 2. The fourth-order valence-corrected chi connectivity index (χ4v) is 4.18. The number of unbranched alkanes of at least 4 members (excludes halogenated alkanes) is 4. The molecule has 2 aromatic rings. The molecule has 0 fully saturated rings. The van der Waals surface area contributed by atoms with E-state index in [1.54, 1.807) is 40.6 Å². The molecule has 11 heteroatoms. The molecule has 0 radical (unpaired) electrons. The quantitative estimate of drug-likeness (QED) is 0.120. The van der Waals surface area contributed by atoms with E-state index in [4.69, 9.17) is 23.7 Å². The van der Waals surface area contributed by atoms with Gasteiger partial charge in [0.25, 0.3) is 0 Å². The predicted molar refractivity (Wildman–Crippen MR) is 188 cm³/mol. The molecule has 0 saturated heterocycles. The summed E-state index contributed by atoms with van der Waals surface area (Å²) in [6.07, 6.45) is 7.64. The first-order chi connectivity index (χ1) is 22.2. The molecule has 4 amide bonds. The lowest BCUT2D eigenvalue weighted by atomic mass is 10.1. The van der Waals surface area contributed by atoms with Gasteiger partial charge in [0.2, 0.25) is 0 Å². The molecule has 0 unspecified atom stereocenters. The van der Waals surface area contributed by atoms with Crippen LogP contribution in [0.1, 0.15) is 83.8 Å². The van der Waals surface area contributed by atoms with Gasteiger partial charge in [0, 0.05) is 38.4 Å². The Morgan fingerprint density at radius 2 is 1.00 bits per heavy atom. The van der Waals surface area contributed by atoms with Crippen molar-refractivity contribution in [2.24, 2.45) is 0 Å². The number of amides is 4. The van der Waals surface area contributed by atoms with Gasteiger partial charge in [-0.15, -0.1) is 0 Å². The lowest BCUT2D eigenvalue weighted by Crippen LogP contribution is -2.30. The van der Waals surface area contributed by atoms with Crippen molar-refractivity contribution in [3.8, 4) is 23.0 Å². The molecule has 0 aromatic heterocycles. The number of ether oxygens (including phenoxy) is 5. The van der Waals surface area contributed by atoms with Gasteiger partial charge in [-0.3, -0.25) is 0 Å². The number of hydrogen-bond donors (Lipinski definition) is 4. The highest BCUT2D eigenvalue weighted by molar-refractivity contribution is 5.92. The van der Waals surface area contributed by atoms with Crippen LogP contribution < -0.4 is 40.2 Å². The van der Waals surface area contributed by atoms with Crippen LogP contribution in [0.5, 0.6) is 23.0 Å². The Hall–Kier alpha value is -3.86. The highest BCUT2D eigenvalue weighted by atomic mass is 16.5. The maximum absolute atomic E-state index is 11.9. The Labute approximate surface area is 277 Å². The Kier molecular flexibility index (Phi) is 24.2. The Bertz CT molecular complexity index is 1040. The molecule has 2 rings (SSSR count). The van der Waals surface area contributed by atoms with Crippen molar-refractivity contribution < 1.29 is 33.3 Å². The SMILES string of the molecule is CC.CCCCCCCNC(=O)Nc1cc(OC)c(C)cc1OC.CCCOCCCNC(=O)Nc1cc(OC)c(C)cc1OC. The molecule has 0 atom stereocenters. The summed E-state index contributed by atoms with van der Waals surface area (Å²) < 4.78 is 26.5. The average Bonchev–Trinajstić information content (AvgIpc) is 3.06. The zero-order chi connectivity index (χ0) is 34.7. The normalized spacial score (nSPS) is 9.87. The maximum Gasteiger partial charge on any atom is 0.319 e. The summed E-state index contributed by atoms with van der Waals surface area (Å²) >= 11 is 0. The summed E-state index contributed by atoms with van der Waals surface area (Å²) in [5.74, 6) is 2.64. The smallest absolute Gasteiger partial charge is 0.319 e. The van der Waals surface area contributed by atoms with Gasteiger partial charge in [-0.1, -0.05) is 53.4 Å². The van der Waals surface area contributed by atoms with E-state index in [1.807, 2.05) is 39.8 Å². The van der Waals surface area contributed by atoms with Gasteiger partial charge in [0.05, 0.1) is 39.8 Å². The van der Waals surface area contributed by atoms with Crippen molar-refractivity contribution in [2.45, 2.75) is 86.5 Å². The van der Waals surface area contributed by atoms with Gasteiger partial charge in [-0.05, 0) is 56.4 Å². The monoisotopic (exact) mass is 648 g/mol. The molecule has 0 heterocycles. The van der Waals surface area contributed by atoms with E-state index < -0.39 is 0 Å². The number of carbonyl (C=O) groups excluding carboxylic acids is 2. The first-order valence-corrected chi connectivity index (χ1v) is 16.4. The van der Waals surface area contributed by atoms with Gasteiger partial charge in [-0.25, -0.2) is 9.59 Å². The minimum Gasteiger partial charge on any atom is -0.496 e. The van der Waals surface area contributed by atoms with E-state index in [-0.39, 0.29) is 12.1 Å². The summed E-state index contributed by atoms with van der Waals surface area (Å²) in [4.78, 5) is 23.8. The second kappa shape index (κ2) is 26.4. The standard InChI is InChI=1S/C17H28N2O3.C16H26N2O4.C2H6/c1-5-6-7-8-9-10-18-17(20)19-14-12-15(21-3)13(2)11-16(14)22-4;1-5-8-22-9-6-7-17-16(19)18-13-11-14(20-3)12(2)10-15(13)21-4;1-2/h11-12H,5-10H2,1-4H3,(H2,18,19,20);10-11H,5-9H2,1-4H3,(H2,17,18,19);1-2H3. The summed E-state index contributed by atoms with van der Waals surface area (Å²) in [6, 6.07) is 6.69. The lowest BCUT2D eigenvalue weighted by molar-refractivity contribution is 0.132. The minimum atomic E-state index is -0.278. The van der Waals surface area contributed by atoms with E-state index in [0.29, 0.717) is 48.3 Å². The number of anilines is 2. The first-order valence-electron chi connectivity index (χ1n) is 16.4. The molecule has 0 aliphatic carbocycles. The Balaban J connectivity index is 0.000000835. The summed E-state index contributed by atoms with van der Waals surface area (Å²) in [6.45, 7) is 14.7. The molecule has 0 aliphatic heterocycles. The first kappa shape index (κ1) is 42.1. The second-order valence-electron chi connectivity index (χ2n) is 10.2. The third-order valence-electron chi connectivity index (χ3n) is 6.60. The molecular weight excluding hydrogens is 588 g/mol. The fourth-order valence-electron chi connectivity index (χ4n) is 4.18. The van der Waals surface area contributed by atoms with Crippen LogP contribution in [-0.4, -0.2) is 66.8 Å². The van der Waals surface area contributed by atoms with Crippen LogP contribution in [0.4, 0.5) is 21.0 Å². The summed E-state index contributed by atoms with van der Waals surface area (Å²) in [5, 5.41) is 11.2. The number of urea groups is 2. The van der Waals surface area contributed by atoms with Crippen LogP contribution in [0, 0.1) is 13.8 Å². The topological polar surface area (TPSA) is 128 Å². The number of rotatable bonds is 18. The zero-order valence-corrected chi connectivity index (χ0v) is 29.9. The minimum absolute atomic E-state index is 0.223. The van der Waals surface area contributed by atoms with Crippen LogP contribution in [0.3, 0.4) is 0 Å². The second-order valence-corrected chi connectivity index (χ2v) is 10.2. The number of methoxy groups -OCH3 is 4. The third kappa shape index (κ3) is 17.0. The Morgan fingerprint density at radius 3 is 1.41 bits per heavy atom. The van der Waals surface area contributed by atoms with Gasteiger partial charge in [0.1, 0.15) is 23.0 Å². The van der Waals surface area contributed by atoms with Crippen molar-refractivity contribution >= 4 is 23.4 Å². The van der Waals surface area contributed by atoms with Gasteiger partial charge < -0.3 is 45.0 Å².